The van der Waals surface area contributed by atoms with Crippen molar-refractivity contribution < 1.29 is 0 Å². The highest BCUT2D eigenvalue weighted by Crippen LogP contribution is 2.16. The van der Waals surface area contributed by atoms with Crippen LogP contribution >= 0.6 is 0 Å². The van der Waals surface area contributed by atoms with Gasteiger partial charge in [0.25, 0.3) is 0 Å². The predicted octanol–water partition coefficient (Wildman–Crippen LogP) is 1.94. The summed E-state index contributed by atoms with van der Waals surface area (Å²) < 4.78 is 0. The van der Waals surface area contributed by atoms with Crippen molar-refractivity contribution in [1.82, 2.24) is 4.90 Å². The molecular formula is C13H19N3. The molecule has 0 radical (unpaired) electrons. The van der Waals surface area contributed by atoms with Crippen LogP contribution in [0.4, 0.5) is 5.69 Å². The Labute approximate surface area is 97.0 Å². The van der Waals surface area contributed by atoms with Gasteiger partial charge in [0.2, 0.25) is 0 Å². The van der Waals surface area contributed by atoms with Gasteiger partial charge in [-0.05, 0) is 50.3 Å². The lowest BCUT2D eigenvalue weighted by atomic mass is 10.1. The van der Waals surface area contributed by atoms with Crippen LogP contribution in [0.3, 0.4) is 0 Å². The van der Waals surface area contributed by atoms with E-state index in [9.17, 15) is 0 Å². The summed E-state index contributed by atoms with van der Waals surface area (Å²) in [6, 6.07) is 8.68. The van der Waals surface area contributed by atoms with Crippen LogP contribution in [-0.2, 0) is 6.54 Å². The maximum Gasteiger partial charge on any atom is 0.0622 e. The summed E-state index contributed by atoms with van der Waals surface area (Å²) in [6.45, 7) is 6.76. The third-order valence-corrected chi connectivity index (χ3v) is 3.16. The molecule has 1 fully saturated rings. The minimum absolute atomic E-state index is 0.406. The molecule has 3 nitrogen and oxygen atoms in total. The molecule has 2 N–H and O–H groups in total. The molecule has 1 aromatic rings. The summed E-state index contributed by atoms with van der Waals surface area (Å²) in [7, 11) is 0. The Morgan fingerprint density at radius 2 is 1.88 bits per heavy atom. The van der Waals surface area contributed by atoms with E-state index < -0.39 is 0 Å². The third-order valence-electron chi connectivity index (χ3n) is 3.16. The first kappa shape index (κ1) is 11.3. The van der Waals surface area contributed by atoms with Gasteiger partial charge in [0.15, 0.2) is 0 Å². The highest BCUT2D eigenvalue weighted by molar-refractivity contribution is 5.45. The van der Waals surface area contributed by atoms with Gasteiger partial charge in [-0.3, -0.25) is 9.89 Å². The van der Waals surface area contributed by atoms with E-state index in [1.54, 1.807) is 0 Å². The van der Waals surface area contributed by atoms with E-state index in [4.69, 9.17) is 5.73 Å². The molecule has 0 aromatic heterocycles. The summed E-state index contributed by atoms with van der Waals surface area (Å²) in [5, 5.41) is 0. The van der Waals surface area contributed by atoms with Gasteiger partial charge in [0, 0.05) is 12.6 Å². The maximum absolute atomic E-state index is 5.88. The van der Waals surface area contributed by atoms with Gasteiger partial charge in [-0.15, -0.1) is 0 Å². The van der Waals surface area contributed by atoms with Crippen LogP contribution in [0.5, 0.6) is 0 Å². The topological polar surface area (TPSA) is 41.6 Å². The summed E-state index contributed by atoms with van der Waals surface area (Å²) in [5.41, 5.74) is 8.15. The molecule has 0 unspecified atom stereocenters. The van der Waals surface area contributed by atoms with Crippen molar-refractivity contribution in [1.29, 1.82) is 0 Å². The predicted molar refractivity (Wildman–Crippen MR) is 68.1 cm³/mol. The zero-order valence-electron chi connectivity index (χ0n) is 9.60. The van der Waals surface area contributed by atoms with E-state index in [-0.39, 0.29) is 0 Å². The monoisotopic (exact) mass is 217 g/mol. The number of nitrogens with zero attached hydrogens (tertiary/aromatic N) is 2. The minimum atomic E-state index is 0.406. The highest BCUT2D eigenvalue weighted by Gasteiger charge is 2.15. The molecular weight excluding hydrogens is 198 g/mol. The Morgan fingerprint density at radius 3 is 2.44 bits per heavy atom. The normalized spacial score (nSPS) is 18.6. The lowest BCUT2D eigenvalue weighted by molar-refractivity contribution is 0.205. The van der Waals surface area contributed by atoms with E-state index >= 15 is 0 Å². The quantitative estimate of drug-likeness (QED) is 0.786. The maximum atomic E-state index is 5.88. The first-order chi connectivity index (χ1) is 7.78. The van der Waals surface area contributed by atoms with Crippen LogP contribution in [0, 0.1) is 0 Å². The van der Waals surface area contributed by atoms with Gasteiger partial charge in [-0.1, -0.05) is 12.1 Å². The van der Waals surface area contributed by atoms with Gasteiger partial charge < -0.3 is 5.73 Å². The van der Waals surface area contributed by atoms with E-state index in [0.717, 1.165) is 38.2 Å². The zero-order valence-corrected chi connectivity index (χ0v) is 9.60. The first-order valence-electron chi connectivity index (χ1n) is 5.81. The first-order valence-corrected chi connectivity index (χ1v) is 5.81. The second-order valence-corrected chi connectivity index (χ2v) is 4.44. The number of aliphatic imine (C=N–C) groups is 1. The average molecular weight is 217 g/mol. The standard InChI is InChI=1S/C13H19N3/c1-15-13-4-2-11(3-5-13)10-16-8-6-12(14)7-9-16/h2-5,12H,1,6-10,14H2. The van der Waals surface area contributed by atoms with Crippen LogP contribution in [0.15, 0.2) is 29.3 Å². The number of nitrogens with two attached hydrogens (primary N) is 1. The Bertz CT molecular complexity index is 337. The van der Waals surface area contributed by atoms with Crippen molar-refractivity contribution in [3.8, 4) is 0 Å². The lowest BCUT2D eigenvalue weighted by Gasteiger charge is -2.30. The number of piperidine rings is 1. The Morgan fingerprint density at radius 1 is 1.25 bits per heavy atom. The smallest absolute Gasteiger partial charge is 0.0622 e. The fraction of sp³-hybridized carbons (Fsp3) is 0.462. The van der Waals surface area contributed by atoms with Gasteiger partial charge in [-0.25, -0.2) is 0 Å². The molecule has 0 atom stereocenters. The average Bonchev–Trinajstić information content (AvgIpc) is 2.33. The number of hydrogen-bond donors (Lipinski definition) is 1. The van der Waals surface area contributed by atoms with E-state index in [1.165, 1.54) is 5.56 Å². The lowest BCUT2D eigenvalue weighted by Crippen LogP contribution is -2.39. The van der Waals surface area contributed by atoms with Gasteiger partial charge >= 0.3 is 0 Å². The largest absolute Gasteiger partial charge is 0.328 e. The van der Waals surface area contributed by atoms with Crippen molar-refractivity contribution in [2.24, 2.45) is 10.7 Å². The molecule has 0 aliphatic carbocycles. The van der Waals surface area contributed by atoms with Crippen molar-refractivity contribution in [3.63, 3.8) is 0 Å². The van der Waals surface area contributed by atoms with Gasteiger partial charge in [-0.2, -0.15) is 0 Å². The SMILES string of the molecule is C=Nc1ccc(CN2CCC(N)CC2)cc1. The molecule has 1 heterocycles. The Balaban J connectivity index is 1.91. The molecule has 3 heteroatoms. The second-order valence-electron chi connectivity index (χ2n) is 4.44. The number of benzene rings is 1. The molecule has 0 saturated carbocycles. The van der Waals surface area contributed by atoms with Crippen molar-refractivity contribution in [2.45, 2.75) is 25.4 Å². The molecule has 1 saturated heterocycles. The summed E-state index contributed by atoms with van der Waals surface area (Å²) in [4.78, 5) is 6.35. The molecule has 86 valence electrons. The van der Waals surface area contributed by atoms with Crippen molar-refractivity contribution >= 4 is 12.4 Å². The molecule has 1 aliphatic rings. The highest BCUT2D eigenvalue weighted by atomic mass is 15.1. The van der Waals surface area contributed by atoms with Gasteiger partial charge in [0.1, 0.15) is 0 Å². The van der Waals surface area contributed by atoms with E-state index in [0.29, 0.717) is 6.04 Å². The van der Waals surface area contributed by atoms with Crippen LogP contribution < -0.4 is 5.73 Å². The molecule has 2 rings (SSSR count). The molecule has 16 heavy (non-hydrogen) atoms. The molecule has 0 amide bonds. The Hall–Kier alpha value is -1.19. The minimum Gasteiger partial charge on any atom is -0.328 e. The zero-order chi connectivity index (χ0) is 11.4. The third kappa shape index (κ3) is 2.90. The van der Waals surface area contributed by atoms with Crippen LogP contribution in [-0.4, -0.2) is 30.7 Å². The van der Waals surface area contributed by atoms with E-state index in [2.05, 4.69) is 28.7 Å². The Kier molecular flexibility index (Phi) is 3.70. The number of hydrogen-bond acceptors (Lipinski definition) is 3. The fourth-order valence-corrected chi connectivity index (χ4v) is 2.08. The molecule has 0 spiro atoms. The second kappa shape index (κ2) is 5.23. The number of rotatable bonds is 3. The van der Waals surface area contributed by atoms with Crippen molar-refractivity contribution in [2.75, 3.05) is 13.1 Å². The van der Waals surface area contributed by atoms with Crippen LogP contribution in [0.25, 0.3) is 0 Å². The summed E-state index contributed by atoms with van der Waals surface area (Å²) >= 11 is 0. The van der Waals surface area contributed by atoms with E-state index in [1.807, 2.05) is 12.1 Å². The molecule has 1 aliphatic heterocycles. The van der Waals surface area contributed by atoms with Crippen LogP contribution in [0.1, 0.15) is 18.4 Å². The number of likely N-dealkylation sites (tertiary alicyclic amines) is 1. The van der Waals surface area contributed by atoms with Crippen molar-refractivity contribution in [3.05, 3.63) is 29.8 Å². The fourth-order valence-electron chi connectivity index (χ4n) is 2.08. The molecule has 0 bridgehead atoms. The molecule has 1 aromatic carbocycles. The van der Waals surface area contributed by atoms with Crippen LogP contribution in [0.2, 0.25) is 0 Å². The van der Waals surface area contributed by atoms with Gasteiger partial charge in [0.05, 0.1) is 5.69 Å². The summed E-state index contributed by atoms with van der Waals surface area (Å²) in [6.07, 6.45) is 2.23. The summed E-state index contributed by atoms with van der Waals surface area (Å²) in [5.74, 6) is 0.